The largest absolute Gasteiger partial charge is 0.494 e. The lowest BCUT2D eigenvalue weighted by Gasteiger charge is -2.07. The standard InChI is InChI=1S/C25H28N2O3/c1-3-5-6-7-19-8-10-20(11-9-19)23-17-27-24(18-26-23)30-25(28)21-12-14-22(15-13-21)29-16-4-2/h8-15,17-18H,3-7,16H2,1-2H3. The second-order valence-electron chi connectivity index (χ2n) is 7.16. The predicted molar refractivity (Wildman–Crippen MR) is 118 cm³/mol. The number of ether oxygens (including phenoxy) is 2. The van der Waals surface area contributed by atoms with Gasteiger partial charge in [-0.15, -0.1) is 0 Å². The number of carbonyl (C=O) groups is 1. The van der Waals surface area contributed by atoms with Gasteiger partial charge < -0.3 is 9.47 Å². The van der Waals surface area contributed by atoms with Crippen LogP contribution in [0.5, 0.6) is 11.6 Å². The molecule has 30 heavy (non-hydrogen) atoms. The Morgan fingerprint density at radius 3 is 2.27 bits per heavy atom. The van der Waals surface area contributed by atoms with E-state index < -0.39 is 5.97 Å². The third-order valence-corrected chi connectivity index (χ3v) is 4.71. The molecule has 0 atom stereocenters. The number of nitrogens with zero attached hydrogens (tertiary/aromatic N) is 2. The Morgan fingerprint density at radius 1 is 0.867 bits per heavy atom. The number of aromatic nitrogens is 2. The molecule has 0 aliphatic carbocycles. The number of esters is 1. The fourth-order valence-electron chi connectivity index (χ4n) is 3.00. The first-order valence-corrected chi connectivity index (χ1v) is 10.6. The molecule has 0 spiro atoms. The van der Waals surface area contributed by atoms with E-state index in [2.05, 4.69) is 41.2 Å². The highest BCUT2D eigenvalue weighted by Gasteiger charge is 2.10. The van der Waals surface area contributed by atoms with Crippen molar-refractivity contribution in [3.05, 3.63) is 72.1 Å². The summed E-state index contributed by atoms with van der Waals surface area (Å²) in [7, 11) is 0. The maximum Gasteiger partial charge on any atom is 0.344 e. The quantitative estimate of drug-likeness (QED) is 0.312. The first-order valence-electron chi connectivity index (χ1n) is 10.6. The Balaban J connectivity index is 1.58. The van der Waals surface area contributed by atoms with Gasteiger partial charge in [0.2, 0.25) is 5.88 Å². The first kappa shape index (κ1) is 21.5. The molecule has 3 rings (SSSR count). The molecule has 5 heteroatoms. The molecule has 0 amide bonds. The summed E-state index contributed by atoms with van der Waals surface area (Å²) in [6.45, 7) is 4.90. The minimum Gasteiger partial charge on any atom is -0.494 e. The molecule has 2 aromatic carbocycles. The lowest BCUT2D eigenvalue weighted by molar-refractivity contribution is 0.0727. The van der Waals surface area contributed by atoms with Gasteiger partial charge in [-0.3, -0.25) is 0 Å². The summed E-state index contributed by atoms with van der Waals surface area (Å²) in [4.78, 5) is 20.9. The zero-order valence-corrected chi connectivity index (χ0v) is 17.6. The van der Waals surface area contributed by atoms with Gasteiger partial charge in [0.15, 0.2) is 0 Å². The van der Waals surface area contributed by atoms with Crippen molar-refractivity contribution in [2.24, 2.45) is 0 Å². The molecule has 0 fully saturated rings. The Bertz CT molecular complexity index is 920. The Hall–Kier alpha value is -3.21. The third-order valence-electron chi connectivity index (χ3n) is 4.71. The van der Waals surface area contributed by atoms with E-state index in [1.165, 1.54) is 31.0 Å². The van der Waals surface area contributed by atoms with Crippen molar-refractivity contribution in [1.82, 2.24) is 9.97 Å². The maximum absolute atomic E-state index is 12.3. The monoisotopic (exact) mass is 404 g/mol. The molecule has 1 aromatic heterocycles. The van der Waals surface area contributed by atoms with Gasteiger partial charge >= 0.3 is 5.97 Å². The summed E-state index contributed by atoms with van der Waals surface area (Å²) in [6, 6.07) is 15.2. The predicted octanol–water partition coefficient (Wildman–Crippen LogP) is 5.88. The molecular formula is C25H28N2O3. The van der Waals surface area contributed by atoms with Gasteiger partial charge in [-0.05, 0) is 49.1 Å². The Kier molecular flexibility index (Phi) is 7.95. The van der Waals surface area contributed by atoms with Crippen molar-refractivity contribution in [2.45, 2.75) is 46.0 Å². The molecular weight excluding hydrogens is 376 g/mol. The molecule has 1 heterocycles. The molecule has 0 saturated heterocycles. The zero-order chi connectivity index (χ0) is 21.2. The maximum atomic E-state index is 12.3. The van der Waals surface area contributed by atoms with Crippen molar-refractivity contribution in [2.75, 3.05) is 6.61 Å². The van der Waals surface area contributed by atoms with Gasteiger partial charge in [-0.25, -0.2) is 14.8 Å². The molecule has 156 valence electrons. The van der Waals surface area contributed by atoms with E-state index in [1.54, 1.807) is 30.5 Å². The SMILES string of the molecule is CCCCCc1ccc(-c2cnc(OC(=O)c3ccc(OCCC)cc3)cn2)cc1. The van der Waals surface area contributed by atoms with Crippen molar-refractivity contribution < 1.29 is 14.3 Å². The molecule has 0 aliphatic heterocycles. The number of carbonyl (C=O) groups excluding carboxylic acids is 1. The lowest BCUT2D eigenvalue weighted by atomic mass is 10.0. The highest BCUT2D eigenvalue weighted by atomic mass is 16.5. The van der Waals surface area contributed by atoms with Crippen LogP contribution in [0.3, 0.4) is 0 Å². The van der Waals surface area contributed by atoms with Crippen LogP contribution in [-0.2, 0) is 6.42 Å². The van der Waals surface area contributed by atoms with E-state index in [0.29, 0.717) is 12.2 Å². The summed E-state index contributed by atoms with van der Waals surface area (Å²) in [5.41, 5.74) is 3.50. The second-order valence-corrected chi connectivity index (χ2v) is 7.16. The molecule has 0 unspecified atom stereocenters. The Morgan fingerprint density at radius 2 is 1.63 bits per heavy atom. The lowest BCUT2D eigenvalue weighted by Crippen LogP contribution is -2.09. The summed E-state index contributed by atoms with van der Waals surface area (Å²) in [6.07, 6.45) is 8.82. The zero-order valence-electron chi connectivity index (χ0n) is 17.6. The van der Waals surface area contributed by atoms with Crippen LogP contribution < -0.4 is 9.47 Å². The molecule has 0 N–H and O–H groups in total. The van der Waals surface area contributed by atoms with Crippen LogP contribution >= 0.6 is 0 Å². The van der Waals surface area contributed by atoms with E-state index >= 15 is 0 Å². The number of unbranched alkanes of at least 4 members (excludes halogenated alkanes) is 2. The summed E-state index contributed by atoms with van der Waals surface area (Å²) >= 11 is 0. The van der Waals surface area contributed by atoms with Crippen LogP contribution in [0.15, 0.2) is 60.9 Å². The fourth-order valence-corrected chi connectivity index (χ4v) is 3.00. The van der Waals surface area contributed by atoms with Gasteiger partial charge in [-0.1, -0.05) is 51.0 Å². The van der Waals surface area contributed by atoms with Gasteiger partial charge in [0.1, 0.15) is 5.75 Å². The summed E-state index contributed by atoms with van der Waals surface area (Å²) in [5, 5.41) is 0. The van der Waals surface area contributed by atoms with Gasteiger partial charge in [-0.2, -0.15) is 0 Å². The Labute approximate surface area is 178 Å². The van der Waals surface area contributed by atoms with Crippen molar-refractivity contribution >= 4 is 5.97 Å². The van der Waals surface area contributed by atoms with Gasteiger partial charge in [0.25, 0.3) is 0 Å². The van der Waals surface area contributed by atoms with E-state index in [4.69, 9.17) is 9.47 Å². The highest BCUT2D eigenvalue weighted by molar-refractivity contribution is 5.90. The highest BCUT2D eigenvalue weighted by Crippen LogP contribution is 2.20. The van der Waals surface area contributed by atoms with E-state index in [0.717, 1.165) is 29.8 Å². The average Bonchev–Trinajstić information content (AvgIpc) is 2.79. The minimum atomic E-state index is -0.476. The second kappa shape index (κ2) is 11.1. The van der Waals surface area contributed by atoms with Crippen LogP contribution in [-0.4, -0.2) is 22.5 Å². The fraction of sp³-hybridized carbons (Fsp3) is 0.320. The molecule has 0 saturated carbocycles. The topological polar surface area (TPSA) is 61.3 Å². The number of hydrogen-bond donors (Lipinski definition) is 0. The van der Waals surface area contributed by atoms with E-state index in [-0.39, 0.29) is 5.88 Å². The van der Waals surface area contributed by atoms with Gasteiger partial charge in [0.05, 0.1) is 30.3 Å². The molecule has 0 bridgehead atoms. The van der Waals surface area contributed by atoms with Crippen molar-refractivity contribution in [3.8, 4) is 22.9 Å². The third kappa shape index (κ3) is 6.14. The van der Waals surface area contributed by atoms with E-state index in [9.17, 15) is 4.79 Å². The van der Waals surface area contributed by atoms with E-state index in [1.807, 2.05) is 6.92 Å². The molecule has 3 aromatic rings. The normalized spacial score (nSPS) is 10.6. The van der Waals surface area contributed by atoms with Crippen LogP contribution in [0.1, 0.15) is 55.5 Å². The molecule has 0 aliphatic rings. The minimum absolute atomic E-state index is 0.172. The van der Waals surface area contributed by atoms with Crippen LogP contribution in [0.4, 0.5) is 0 Å². The molecule has 5 nitrogen and oxygen atoms in total. The van der Waals surface area contributed by atoms with Crippen LogP contribution in [0.2, 0.25) is 0 Å². The van der Waals surface area contributed by atoms with Crippen molar-refractivity contribution in [1.29, 1.82) is 0 Å². The number of rotatable bonds is 10. The van der Waals surface area contributed by atoms with Crippen molar-refractivity contribution in [3.63, 3.8) is 0 Å². The number of hydrogen-bond acceptors (Lipinski definition) is 5. The summed E-state index contributed by atoms with van der Waals surface area (Å²) < 4.78 is 10.9. The summed E-state index contributed by atoms with van der Waals surface area (Å²) in [5.74, 6) is 0.427. The van der Waals surface area contributed by atoms with Gasteiger partial charge in [0, 0.05) is 5.56 Å². The smallest absolute Gasteiger partial charge is 0.344 e. The average molecular weight is 405 g/mol. The first-order chi connectivity index (χ1) is 14.7. The molecule has 0 radical (unpaired) electrons. The number of benzene rings is 2. The van der Waals surface area contributed by atoms with Crippen LogP contribution in [0, 0.1) is 0 Å². The van der Waals surface area contributed by atoms with Crippen LogP contribution in [0.25, 0.3) is 11.3 Å². The number of aryl methyl sites for hydroxylation is 1.